The molecule has 0 bridgehead atoms. The van der Waals surface area contributed by atoms with Crippen LogP contribution < -0.4 is 5.32 Å². The Morgan fingerprint density at radius 2 is 2.05 bits per heavy atom. The highest BCUT2D eigenvalue weighted by Gasteiger charge is 2.10. The molecule has 0 radical (unpaired) electrons. The van der Waals surface area contributed by atoms with Gasteiger partial charge in [-0.2, -0.15) is 0 Å². The Balaban J connectivity index is 2.08. The average Bonchev–Trinajstić information content (AvgIpc) is 2.48. The van der Waals surface area contributed by atoms with Crippen molar-refractivity contribution in [3.8, 4) is 0 Å². The molecule has 0 fully saturated rings. The zero-order valence-corrected chi connectivity index (χ0v) is 12.1. The number of pyridine rings is 1. The van der Waals surface area contributed by atoms with Crippen LogP contribution in [0, 0.1) is 5.82 Å². The summed E-state index contributed by atoms with van der Waals surface area (Å²) >= 11 is 0. The first-order chi connectivity index (χ1) is 9.74. The van der Waals surface area contributed by atoms with Crippen molar-refractivity contribution < 1.29 is 4.39 Å². The van der Waals surface area contributed by atoms with Crippen molar-refractivity contribution >= 4 is 0 Å². The highest BCUT2D eigenvalue weighted by molar-refractivity contribution is 5.22. The number of aromatic nitrogens is 1. The molecule has 20 heavy (non-hydrogen) atoms. The van der Waals surface area contributed by atoms with Gasteiger partial charge in [-0.15, -0.1) is 0 Å². The van der Waals surface area contributed by atoms with Crippen LogP contribution in [0.4, 0.5) is 4.39 Å². The third-order valence-corrected chi connectivity index (χ3v) is 3.54. The minimum Gasteiger partial charge on any atom is -0.304 e. The second-order valence-electron chi connectivity index (χ2n) is 4.86. The number of halogens is 1. The number of hydrogen-bond acceptors (Lipinski definition) is 2. The number of hydrogen-bond donors (Lipinski definition) is 1. The molecular weight excluding hydrogens is 251 g/mol. The van der Waals surface area contributed by atoms with Crippen LogP contribution in [0.2, 0.25) is 0 Å². The van der Waals surface area contributed by atoms with Gasteiger partial charge in [0.1, 0.15) is 5.82 Å². The smallest absolute Gasteiger partial charge is 0.123 e. The molecule has 0 amide bonds. The van der Waals surface area contributed by atoms with Gasteiger partial charge in [-0.05, 0) is 42.2 Å². The van der Waals surface area contributed by atoms with Crippen LogP contribution in [-0.4, -0.2) is 4.98 Å². The van der Waals surface area contributed by atoms with E-state index in [9.17, 15) is 4.39 Å². The fourth-order valence-electron chi connectivity index (χ4n) is 2.39. The molecule has 0 spiro atoms. The maximum Gasteiger partial charge on any atom is 0.123 e. The van der Waals surface area contributed by atoms with Crippen LogP contribution in [0.1, 0.15) is 43.1 Å². The third-order valence-electron chi connectivity index (χ3n) is 3.54. The Morgan fingerprint density at radius 1 is 1.20 bits per heavy atom. The molecule has 1 unspecified atom stereocenters. The molecule has 2 aromatic rings. The summed E-state index contributed by atoms with van der Waals surface area (Å²) in [4.78, 5) is 4.43. The van der Waals surface area contributed by atoms with Gasteiger partial charge in [0.05, 0.1) is 5.69 Å². The number of nitrogens with one attached hydrogen (secondary N) is 1. The van der Waals surface area contributed by atoms with Gasteiger partial charge in [-0.1, -0.05) is 32.0 Å². The number of benzene rings is 1. The van der Waals surface area contributed by atoms with Gasteiger partial charge in [-0.3, -0.25) is 4.98 Å². The van der Waals surface area contributed by atoms with Gasteiger partial charge in [0.2, 0.25) is 0 Å². The summed E-state index contributed by atoms with van der Waals surface area (Å²) in [6, 6.07) is 11.0. The van der Waals surface area contributed by atoms with Gasteiger partial charge in [-0.25, -0.2) is 4.39 Å². The Morgan fingerprint density at radius 3 is 2.75 bits per heavy atom. The molecule has 1 heterocycles. The minimum absolute atomic E-state index is 0.150. The predicted octanol–water partition coefficient (Wildman–Crippen LogP) is 4.02. The lowest BCUT2D eigenvalue weighted by Crippen LogP contribution is -2.21. The first-order valence-electron chi connectivity index (χ1n) is 7.16. The van der Waals surface area contributed by atoms with E-state index in [0.29, 0.717) is 6.54 Å². The van der Waals surface area contributed by atoms with Crippen LogP contribution in [0.3, 0.4) is 0 Å². The summed E-state index contributed by atoms with van der Waals surface area (Å²) in [5, 5.41) is 3.47. The maximum atomic E-state index is 13.3. The van der Waals surface area contributed by atoms with Gasteiger partial charge >= 0.3 is 0 Å². The first kappa shape index (κ1) is 14.7. The van der Waals surface area contributed by atoms with E-state index in [0.717, 1.165) is 24.1 Å². The fraction of sp³-hybridized carbons (Fsp3) is 0.353. The van der Waals surface area contributed by atoms with Gasteiger partial charge in [0, 0.05) is 18.8 Å². The SMILES string of the molecule is CCc1cccnc1CNC(CC)c1cccc(F)c1. The normalized spacial score (nSPS) is 12.3. The van der Waals surface area contributed by atoms with Gasteiger partial charge in [0.25, 0.3) is 0 Å². The largest absolute Gasteiger partial charge is 0.304 e. The topological polar surface area (TPSA) is 24.9 Å². The van der Waals surface area contributed by atoms with Gasteiger partial charge in [0.15, 0.2) is 0 Å². The molecule has 0 aliphatic rings. The van der Waals surface area contributed by atoms with Crippen molar-refractivity contribution in [3.63, 3.8) is 0 Å². The van der Waals surface area contributed by atoms with Crippen LogP contribution in [0.25, 0.3) is 0 Å². The Hall–Kier alpha value is -1.74. The van der Waals surface area contributed by atoms with E-state index in [4.69, 9.17) is 0 Å². The van der Waals surface area contributed by atoms with Crippen molar-refractivity contribution in [2.24, 2.45) is 0 Å². The minimum atomic E-state index is -0.185. The summed E-state index contributed by atoms with van der Waals surface area (Å²) in [6.07, 6.45) is 3.71. The predicted molar refractivity (Wildman–Crippen MR) is 79.9 cm³/mol. The van der Waals surface area contributed by atoms with Crippen molar-refractivity contribution in [3.05, 3.63) is 65.2 Å². The molecule has 3 heteroatoms. The number of nitrogens with zero attached hydrogens (tertiary/aromatic N) is 1. The molecular formula is C17H21FN2. The molecule has 0 saturated carbocycles. The Bertz CT molecular complexity index is 554. The van der Waals surface area contributed by atoms with Crippen molar-refractivity contribution in [1.82, 2.24) is 10.3 Å². The second kappa shape index (κ2) is 7.15. The van der Waals surface area contributed by atoms with E-state index in [1.807, 2.05) is 18.3 Å². The monoisotopic (exact) mass is 272 g/mol. The first-order valence-corrected chi connectivity index (χ1v) is 7.16. The highest BCUT2D eigenvalue weighted by atomic mass is 19.1. The summed E-state index contributed by atoms with van der Waals surface area (Å²) in [5.41, 5.74) is 3.32. The molecule has 0 saturated heterocycles. The van der Waals surface area contributed by atoms with Crippen LogP contribution in [0.15, 0.2) is 42.6 Å². The van der Waals surface area contributed by atoms with Crippen molar-refractivity contribution in [2.75, 3.05) is 0 Å². The van der Waals surface area contributed by atoms with E-state index in [2.05, 4.69) is 30.2 Å². The highest BCUT2D eigenvalue weighted by Crippen LogP contribution is 2.18. The molecule has 1 N–H and O–H groups in total. The summed E-state index contributed by atoms with van der Waals surface area (Å²) in [6.45, 7) is 4.94. The number of rotatable bonds is 6. The van der Waals surface area contributed by atoms with E-state index in [1.54, 1.807) is 12.1 Å². The Labute approximate surface area is 120 Å². The molecule has 0 aliphatic carbocycles. The lowest BCUT2D eigenvalue weighted by atomic mass is 10.0. The van der Waals surface area contributed by atoms with Gasteiger partial charge < -0.3 is 5.32 Å². The Kier molecular flexibility index (Phi) is 5.24. The van der Waals surface area contributed by atoms with E-state index >= 15 is 0 Å². The lowest BCUT2D eigenvalue weighted by Gasteiger charge is -2.18. The summed E-state index contributed by atoms with van der Waals surface area (Å²) < 4.78 is 13.3. The molecule has 2 nitrogen and oxygen atoms in total. The van der Waals surface area contributed by atoms with E-state index in [1.165, 1.54) is 11.6 Å². The summed E-state index contributed by atoms with van der Waals surface area (Å²) in [7, 11) is 0. The zero-order chi connectivity index (χ0) is 14.4. The standard InChI is InChI=1S/C17H21FN2/c1-3-13-8-6-10-19-17(13)12-20-16(4-2)14-7-5-9-15(18)11-14/h5-11,16,20H,3-4,12H2,1-2H3. The van der Waals surface area contributed by atoms with Crippen LogP contribution in [-0.2, 0) is 13.0 Å². The molecule has 106 valence electrons. The zero-order valence-electron chi connectivity index (χ0n) is 12.1. The third kappa shape index (κ3) is 3.64. The molecule has 2 rings (SSSR count). The lowest BCUT2D eigenvalue weighted by molar-refractivity contribution is 0.508. The molecule has 0 aliphatic heterocycles. The van der Waals surface area contributed by atoms with Crippen LogP contribution in [0.5, 0.6) is 0 Å². The second-order valence-corrected chi connectivity index (χ2v) is 4.86. The summed E-state index contributed by atoms with van der Waals surface area (Å²) in [5.74, 6) is -0.185. The molecule has 1 aromatic carbocycles. The maximum absolute atomic E-state index is 13.3. The van der Waals surface area contributed by atoms with E-state index in [-0.39, 0.29) is 11.9 Å². The quantitative estimate of drug-likeness (QED) is 0.859. The van der Waals surface area contributed by atoms with Crippen LogP contribution >= 0.6 is 0 Å². The van der Waals surface area contributed by atoms with E-state index < -0.39 is 0 Å². The fourth-order valence-corrected chi connectivity index (χ4v) is 2.39. The van der Waals surface area contributed by atoms with Crippen molar-refractivity contribution in [2.45, 2.75) is 39.3 Å². The van der Waals surface area contributed by atoms with Crippen molar-refractivity contribution in [1.29, 1.82) is 0 Å². The average molecular weight is 272 g/mol. The molecule has 1 aromatic heterocycles. The molecule has 1 atom stereocenters. The number of aryl methyl sites for hydroxylation is 1.